The minimum absolute atomic E-state index is 0.261. The highest BCUT2D eigenvalue weighted by molar-refractivity contribution is 5.21. The van der Waals surface area contributed by atoms with Crippen LogP contribution in [-0.2, 0) is 15.2 Å². The molecule has 0 amide bonds. The van der Waals surface area contributed by atoms with E-state index in [4.69, 9.17) is 9.57 Å². The van der Waals surface area contributed by atoms with E-state index in [2.05, 4.69) is 0 Å². The molecule has 0 bridgehead atoms. The van der Waals surface area contributed by atoms with Crippen LogP contribution in [0, 0.1) is 0 Å². The molecular formula is C13H19NO3. The van der Waals surface area contributed by atoms with Gasteiger partial charge < -0.3 is 9.84 Å². The maximum Gasteiger partial charge on any atom is 0.112 e. The average Bonchev–Trinajstić information content (AvgIpc) is 2.39. The average molecular weight is 237 g/mol. The Kier molecular flexibility index (Phi) is 4.12. The van der Waals surface area contributed by atoms with Crippen molar-refractivity contribution in [1.29, 1.82) is 0 Å². The van der Waals surface area contributed by atoms with Crippen LogP contribution < -0.4 is 0 Å². The number of rotatable bonds is 4. The van der Waals surface area contributed by atoms with Crippen molar-refractivity contribution in [2.24, 2.45) is 0 Å². The van der Waals surface area contributed by atoms with E-state index in [9.17, 15) is 5.11 Å². The van der Waals surface area contributed by atoms with Gasteiger partial charge in [-0.1, -0.05) is 30.3 Å². The van der Waals surface area contributed by atoms with Crippen molar-refractivity contribution >= 4 is 0 Å². The molecule has 1 heterocycles. The van der Waals surface area contributed by atoms with Crippen LogP contribution in [0.15, 0.2) is 30.3 Å². The number of ether oxygens (including phenoxy) is 1. The molecule has 1 fully saturated rings. The van der Waals surface area contributed by atoms with Crippen LogP contribution in [0.3, 0.4) is 0 Å². The fraction of sp³-hybridized carbons (Fsp3) is 0.538. The van der Waals surface area contributed by atoms with Crippen molar-refractivity contribution in [1.82, 2.24) is 5.06 Å². The number of hydrogen-bond donors (Lipinski definition) is 1. The van der Waals surface area contributed by atoms with Gasteiger partial charge in [-0.05, 0) is 12.5 Å². The molecule has 94 valence electrons. The van der Waals surface area contributed by atoms with Crippen LogP contribution in [0.1, 0.15) is 12.5 Å². The Morgan fingerprint density at radius 1 is 1.29 bits per heavy atom. The SMILES string of the molecule is CC(O)(CON1CCOCC1)c1ccccc1. The lowest BCUT2D eigenvalue weighted by Crippen LogP contribution is -2.40. The molecular weight excluding hydrogens is 218 g/mol. The van der Waals surface area contributed by atoms with E-state index in [1.807, 2.05) is 35.4 Å². The third kappa shape index (κ3) is 3.51. The van der Waals surface area contributed by atoms with Crippen molar-refractivity contribution in [3.8, 4) is 0 Å². The minimum atomic E-state index is -0.959. The van der Waals surface area contributed by atoms with Gasteiger partial charge >= 0.3 is 0 Å². The van der Waals surface area contributed by atoms with Crippen molar-refractivity contribution in [3.63, 3.8) is 0 Å². The summed E-state index contributed by atoms with van der Waals surface area (Å²) in [7, 11) is 0. The van der Waals surface area contributed by atoms with Gasteiger partial charge in [0.15, 0.2) is 0 Å². The topological polar surface area (TPSA) is 41.9 Å². The fourth-order valence-electron chi connectivity index (χ4n) is 1.77. The number of hydroxylamine groups is 2. The summed E-state index contributed by atoms with van der Waals surface area (Å²) >= 11 is 0. The van der Waals surface area contributed by atoms with Gasteiger partial charge in [0.25, 0.3) is 0 Å². The second-order valence-electron chi connectivity index (χ2n) is 4.45. The Labute approximate surface area is 102 Å². The van der Waals surface area contributed by atoms with Gasteiger partial charge in [0.05, 0.1) is 13.2 Å². The molecule has 1 aliphatic rings. The molecule has 0 aromatic heterocycles. The summed E-state index contributed by atoms with van der Waals surface area (Å²) in [6.07, 6.45) is 0. The van der Waals surface area contributed by atoms with Gasteiger partial charge in [-0.2, -0.15) is 5.06 Å². The predicted octanol–water partition coefficient (Wildman–Crippen LogP) is 1.16. The number of benzene rings is 1. The van der Waals surface area contributed by atoms with E-state index in [1.165, 1.54) is 0 Å². The van der Waals surface area contributed by atoms with Crippen LogP contribution in [0.4, 0.5) is 0 Å². The molecule has 1 unspecified atom stereocenters. The second kappa shape index (κ2) is 5.60. The number of morpholine rings is 1. The Morgan fingerprint density at radius 2 is 1.94 bits per heavy atom. The van der Waals surface area contributed by atoms with Gasteiger partial charge in [0, 0.05) is 13.1 Å². The van der Waals surface area contributed by atoms with E-state index in [1.54, 1.807) is 6.92 Å². The molecule has 1 aliphatic heterocycles. The molecule has 1 atom stereocenters. The van der Waals surface area contributed by atoms with Crippen LogP contribution in [-0.4, -0.2) is 43.1 Å². The van der Waals surface area contributed by atoms with Crippen LogP contribution in [0.2, 0.25) is 0 Å². The van der Waals surface area contributed by atoms with Gasteiger partial charge in [0.1, 0.15) is 12.2 Å². The molecule has 2 rings (SSSR count). The van der Waals surface area contributed by atoms with E-state index in [-0.39, 0.29) is 6.61 Å². The number of nitrogens with zero attached hydrogens (tertiary/aromatic N) is 1. The third-order valence-electron chi connectivity index (χ3n) is 2.89. The Balaban J connectivity index is 1.88. The molecule has 0 radical (unpaired) electrons. The third-order valence-corrected chi connectivity index (χ3v) is 2.89. The van der Waals surface area contributed by atoms with Crippen molar-refractivity contribution < 1.29 is 14.7 Å². The molecule has 1 N–H and O–H groups in total. The highest BCUT2D eigenvalue weighted by atomic mass is 16.7. The Hall–Kier alpha value is -0.940. The smallest absolute Gasteiger partial charge is 0.112 e. The Morgan fingerprint density at radius 3 is 2.59 bits per heavy atom. The molecule has 1 saturated heterocycles. The lowest BCUT2D eigenvalue weighted by atomic mass is 9.97. The largest absolute Gasteiger partial charge is 0.383 e. The van der Waals surface area contributed by atoms with E-state index < -0.39 is 5.60 Å². The standard InChI is InChI=1S/C13H19NO3/c1-13(15,12-5-3-2-4-6-12)11-17-14-7-9-16-10-8-14/h2-6,15H,7-11H2,1H3. The van der Waals surface area contributed by atoms with Crippen LogP contribution in [0.5, 0.6) is 0 Å². The monoisotopic (exact) mass is 237 g/mol. The zero-order valence-corrected chi connectivity index (χ0v) is 10.1. The maximum atomic E-state index is 10.3. The summed E-state index contributed by atoms with van der Waals surface area (Å²) in [5.74, 6) is 0. The first-order valence-corrected chi connectivity index (χ1v) is 5.92. The highest BCUT2D eigenvalue weighted by Gasteiger charge is 2.25. The summed E-state index contributed by atoms with van der Waals surface area (Å²) in [6, 6.07) is 9.57. The predicted molar refractivity (Wildman–Crippen MR) is 64.4 cm³/mol. The zero-order chi connectivity index (χ0) is 12.1. The fourth-order valence-corrected chi connectivity index (χ4v) is 1.77. The zero-order valence-electron chi connectivity index (χ0n) is 10.1. The summed E-state index contributed by atoms with van der Waals surface area (Å²) in [6.45, 7) is 4.91. The minimum Gasteiger partial charge on any atom is -0.383 e. The van der Waals surface area contributed by atoms with Gasteiger partial charge in [-0.3, -0.25) is 4.84 Å². The lowest BCUT2D eigenvalue weighted by molar-refractivity contribution is -0.224. The number of hydrogen-bond acceptors (Lipinski definition) is 4. The van der Waals surface area contributed by atoms with Gasteiger partial charge in [0.2, 0.25) is 0 Å². The molecule has 17 heavy (non-hydrogen) atoms. The first-order valence-electron chi connectivity index (χ1n) is 5.92. The van der Waals surface area contributed by atoms with E-state index in [0.717, 1.165) is 18.7 Å². The van der Waals surface area contributed by atoms with Crippen molar-refractivity contribution in [3.05, 3.63) is 35.9 Å². The molecule has 4 heteroatoms. The quantitative estimate of drug-likeness (QED) is 0.853. The highest BCUT2D eigenvalue weighted by Crippen LogP contribution is 2.20. The summed E-state index contributed by atoms with van der Waals surface area (Å²) in [4.78, 5) is 5.61. The molecule has 0 aliphatic carbocycles. The lowest BCUT2D eigenvalue weighted by Gasteiger charge is -2.30. The van der Waals surface area contributed by atoms with Crippen molar-refractivity contribution in [2.75, 3.05) is 32.9 Å². The van der Waals surface area contributed by atoms with Gasteiger partial charge in [-0.15, -0.1) is 0 Å². The normalized spacial score (nSPS) is 21.1. The molecule has 0 saturated carbocycles. The Bertz CT molecular complexity index is 334. The molecule has 4 nitrogen and oxygen atoms in total. The maximum absolute atomic E-state index is 10.3. The van der Waals surface area contributed by atoms with Crippen LogP contribution >= 0.6 is 0 Å². The second-order valence-corrected chi connectivity index (χ2v) is 4.45. The first-order chi connectivity index (χ1) is 8.18. The molecule has 1 aromatic carbocycles. The summed E-state index contributed by atoms with van der Waals surface area (Å²) in [5, 5.41) is 12.2. The number of aliphatic hydroxyl groups is 1. The molecule has 0 spiro atoms. The van der Waals surface area contributed by atoms with E-state index in [0.29, 0.717) is 13.2 Å². The molecule has 1 aromatic rings. The summed E-state index contributed by atoms with van der Waals surface area (Å²) in [5.41, 5.74) is -0.0900. The first kappa shape index (κ1) is 12.5. The van der Waals surface area contributed by atoms with E-state index >= 15 is 0 Å². The van der Waals surface area contributed by atoms with Crippen LogP contribution in [0.25, 0.3) is 0 Å². The van der Waals surface area contributed by atoms with Gasteiger partial charge in [-0.25, -0.2) is 0 Å². The summed E-state index contributed by atoms with van der Waals surface area (Å²) < 4.78 is 5.23. The van der Waals surface area contributed by atoms with Crippen molar-refractivity contribution in [2.45, 2.75) is 12.5 Å².